The van der Waals surface area contributed by atoms with E-state index in [4.69, 9.17) is 9.47 Å². The van der Waals surface area contributed by atoms with Crippen LogP contribution in [0.4, 0.5) is 5.69 Å². The molecule has 1 atom stereocenters. The molecular weight excluding hydrogens is 334 g/mol. The van der Waals surface area contributed by atoms with Gasteiger partial charge in [0, 0.05) is 0 Å². The van der Waals surface area contributed by atoms with Gasteiger partial charge in [0.25, 0.3) is 5.91 Å². The SMILES string of the molecule is CC(C)Oc1ccc(C(=O)O)cc1NC(=O)C1OCCc2ccccc21. The number of rotatable bonds is 5. The summed E-state index contributed by atoms with van der Waals surface area (Å²) < 4.78 is 11.4. The number of anilines is 1. The van der Waals surface area contributed by atoms with E-state index in [1.54, 1.807) is 6.07 Å². The minimum atomic E-state index is -1.07. The third kappa shape index (κ3) is 3.86. The molecule has 0 aliphatic carbocycles. The summed E-state index contributed by atoms with van der Waals surface area (Å²) in [5, 5.41) is 12.0. The molecule has 1 amide bonds. The molecule has 6 heteroatoms. The second kappa shape index (κ2) is 7.58. The Morgan fingerprint density at radius 3 is 2.73 bits per heavy atom. The number of hydrogen-bond acceptors (Lipinski definition) is 4. The molecule has 0 radical (unpaired) electrons. The van der Waals surface area contributed by atoms with E-state index in [1.807, 2.05) is 38.1 Å². The Kier molecular flexibility index (Phi) is 5.23. The number of ether oxygens (including phenoxy) is 2. The average Bonchev–Trinajstić information content (AvgIpc) is 2.62. The highest BCUT2D eigenvalue weighted by Gasteiger charge is 2.28. The van der Waals surface area contributed by atoms with Gasteiger partial charge in [-0.1, -0.05) is 24.3 Å². The predicted octanol–water partition coefficient (Wildman–Crippen LogP) is 3.42. The molecular formula is C20H21NO5. The van der Waals surface area contributed by atoms with Gasteiger partial charge in [0.1, 0.15) is 5.75 Å². The molecule has 1 aliphatic heterocycles. The van der Waals surface area contributed by atoms with Crippen LogP contribution in [0.5, 0.6) is 5.75 Å². The van der Waals surface area contributed by atoms with Crippen molar-refractivity contribution in [3.63, 3.8) is 0 Å². The van der Waals surface area contributed by atoms with Crippen LogP contribution in [-0.4, -0.2) is 29.7 Å². The van der Waals surface area contributed by atoms with Gasteiger partial charge < -0.3 is 19.9 Å². The lowest BCUT2D eigenvalue weighted by atomic mass is 9.97. The number of carboxylic acids is 1. The van der Waals surface area contributed by atoms with Crippen molar-refractivity contribution in [2.45, 2.75) is 32.5 Å². The fraction of sp³-hybridized carbons (Fsp3) is 0.300. The number of aromatic carboxylic acids is 1. The molecule has 3 rings (SSSR count). The highest BCUT2D eigenvalue weighted by atomic mass is 16.5. The number of amides is 1. The van der Waals surface area contributed by atoms with Crippen LogP contribution in [0.25, 0.3) is 0 Å². The summed E-state index contributed by atoms with van der Waals surface area (Å²) in [6.07, 6.45) is -0.0933. The molecule has 1 heterocycles. The molecule has 1 aliphatic rings. The van der Waals surface area contributed by atoms with E-state index >= 15 is 0 Å². The largest absolute Gasteiger partial charge is 0.489 e. The maximum absolute atomic E-state index is 12.8. The molecule has 0 aromatic heterocycles. The quantitative estimate of drug-likeness (QED) is 0.858. The second-order valence-electron chi connectivity index (χ2n) is 6.37. The van der Waals surface area contributed by atoms with Crippen molar-refractivity contribution in [2.24, 2.45) is 0 Å². The summed E-state index contributed by atoms with van der Waals surface area (Å²) in [5.41, 5.74) is 2.30. The molecule has 0 saturated heterocycles. The van der Waals surface area contributed by atoms with Crippen molar-refractivity contribution in [3.8, 4) is 5.75 Å². The van der Waals surface area contributed by atoms with Gasteiger partial charge in [-0.2, -0.15) is 0 Å². The molecule has 26 heavy (non-hydrogen) atoms. The third-order valence-electron chi connectivity index (χ3n) is 4.08. The molecule has 2 N–H and O–H groups in total. The van der Waals surface area contributed by atoms with Gasteiger partial charge in [-0.25, -0.2) is 4.79 Å². The van der Waals surface area contributed by atoms with E-state index < -0.39 is 12.1 Å². The zero-order chi connectivity index (χ0) is 18.7. The van der Waals surface area contributed by atoms with Crippen molar-refractivity contribution >= 4 is 17.6 Å². The van der Waals surface area contributed by atoms with Crippen molar-refractivity contribution in [2.75, 3.05) is 11.9 Å². The molecule has 0 spiro atoms. The van der Waals surface area contributed by atoms with Crippen LogP contribution in [-0.2, 0) is 16.0 Å². The lowest BCUT2D eigenvalue weighted by molar-refractivity contribution is -0.128. The van der Waals surface area contributed by atoms with E-state index in [0.29, 0.717) is 18.0 Å². The summed E-state index contributed by atoms with van der Waals surface area (Å²) in [5.74, 6) is -1.01. The van der Waals surface area contributed by atoms with E-state index in [9.17, 15) is 14.7 Å². The van der Waals surface area contributed by atoms with Gasteiger partial charge in [0.15, 0.2) is 6.10 Å². The number of carbonyl (C=O) groups is 2. The van der Waals surface area contributed by atoms with E-state index in [0.717, 1.165) is 17.5 Å². The summed E-state index contributed by atoms with van der Waals surface area (Å²) in [7, 11) is 0. The summed E-state index contributed by atoms with van der Waals surface area (Å²) >= 11 is 0. The topological polar surface area (TPSA) is 84.9 Å². The summed E-state index contributed by atoms with van der Waals surface area (Å²) in [6, 6.07) is 12.0. The Labute approximate surface area is 151 Å². The fourth-order valence-corrected chi connectivity index (χ4v) is 2.93. The zero-order valence-electron chi connectivity index (χ0n) is 14.7. The zero-order valence-corrected chi connectivity index (χ0v) is 14.7. The Morgan fingerprint density at radius 2 is 2.00 bits per heavy atom. The first-order chi connectivity index (χ1) is 12.5. The maximum Gasteiger partial charge on any atom is 0.335 e. The second-order valence-corrected chi connectivity index (χ2v) is 6.37. The summed E-state index contributed by atoms with van der Waals surface area (Å²) in [6.45, 7) is 4.17. The first kappa shape index (κ1) is 17.9. The van der Waals surface area contributed by atoms with Gasteiger partial charge in [0.05, 0.1) is 24.0 Å². The van der Waals surface area contributed by atoms with Crippen LogP contribution in [0, 0.1) is 0 Å². The standard InChI is InChI=1S/C20H21NO5/c1-12(2)26-17-8-7-14(20(23)24)11-16(17)21-19(22)18-15-6-4-3-5-13(15)9-10-25-18/h3-8,11-12,18H,9-10H2,1-2H3,(H,21,22)(H,23,24). The van der Waals surface area contributed by atoms with E-state index in [1.165, 1.54) is 12.1 Å². The Morgan fingerprint density at radius 1 is 1.23 bits per heavy atom. The highest BCUT2D eigenvalue weighted by Crippen LogP contribution is 2.31. The molecule has 1 unspecified atom stereocenters. The third-order valence-corrected chi connectivity index (χ3v) is 4.08. The van der Waals surface area contributed by atoms with Crippen molar-refractivity contribution in [1.82, 2.24) is 0 Å². The number of nitrogens with one attached hydrogen (secondary N) is 1. The first-order valence-corrected chi connectivity index (χ1v) is 8.50. The molecule has 136 valence electrons. The number of fused-ring (bicyclic) bond motifs is 1. The van der Waals surface area contributed by atoms with E-state index in [-0.39, 0.29) is 17.6 Å². The smallest absolute Gasteiger partial charge is 0.335 e. The molecule has 2 aromatic carbocycles. The molecule has 2 aromatic rings. The minimum absolute atomic E-state index is 0.0707. The fourth-order valence-electron chi connectivity index (χ4n) is 2.93. The lowest BCUT2D eigenvalue weighted by Gasteiger charge is -2.25. The average molecular weight is 355 g/mol. The van der Waals surface area contributed by atoms with Crippen LogP contribution in [0.1, 0.15) is 41.4 Å². The van der Waals surface area contributed by atoms with E-state index in [2.05, 4.69) is 5.32 Å². The number of benzene rings is 2. The minimum Gasteiger partial charge on any atom is -0.489 e. The van der Waals surface area contributed by atoms with Crippen molar-refractivity contribution in [3.05, 3.63) is 59.2 Å². The highest BCUT2D eigenvalue weighted by molar-refractivity contribution is 5.98. The van der Waals surface area contributed by atoms with Gasteiger partial charge in [-0.05, 0) is 49.6 Å². The van der Waals surface area contributed by atoms with Gasteiger partial charge in [-0.15, -0.1) is 0 Å². The van der Waals surface area contributed by atoms with Gasteiger partial charge >= 0.3 is 5.97 Å². The lowest BCUT2D eigenvalue weighted by Crippen LogP contribution is -2.28. The van der Waals surface area contributed by atoms with Crippen LogP contribution < -0.4 is 10.1 Å². The van der Waals surface area contributed by atoms with Crippen molar-refractivity contribution in [1.29, 1.82) is 0 Å². The van der Waals surface area contributed by atoms with Crippen LogP contribution in [0.15, 0.2) is 42.5 Å². The normalized spacial score (nSPS) is 16.0. The van der Waals surface area contributed by atoms with Crippen LogP contribution in [0.3, 0.4) is 0 Å². The molecule has 0 bridgehead atoms. The number of carbonyl (C=O) groups excluding carboxylic acids is 1. The van der Waals surface area contributed by atoms with Gasteiger partial charge in [-0.3, -0.25) is 4.79 Å². The Balaban J connectivity index is 1.89. The van der Waals surface area contributed by atoms with Crippen molar-refractivity contribution < 1.29 is 24.2 Å². The predicted molar refractivity (Wildman–Crippen MR) is 96.6 cm³/mol. The summed E-state index contributed by atoms with van der Waals surface area (Å²) in [4.78, 5) is 24.1. The Hall–Kier alpha value is -2.86. The molecule has 0 saturated carbocycles. The number of hydrogen-bond donors (Lipinski definition) is 2. The van der Waals surface area contributed by atoms with Crippen LogP contribution >= 0.6 is 0 Å². The monoisotopic (exact) mass is 355 g/mol. The molecule has 6 nitrogen and oxygen atoms in total. The number of carboxylic acid groups (broad SMARTS) is 1. The Bertz CT molecular complexity index is 831. The molecule has 0 fully saturated rings. The maximum atomic E-state index is 12.8. The first-order valence-electron chi connectivity index (χ1n) is 8.50. The van der Waals surface area contributed by atoms with Crippen LogP contribution in [0.2, 0.25) is 0 Å². The van der Waals surface area contributed by atoms with Gasteiger partial charge in [0.2, 0.25) is 0 Å².